The van der Waals surface area contributed by atoms with Gasteiger partial charge in [0.2, 0.25) is 5.75 Å². The number of ketones is 1. The zero-order chi connectivity index (χ0) is 18.3. The van der Waals surface area contributed by atoms with E-state index in [1.54, 1.807) is 12.1 Å². The maximum atomic E-state index is 11.5. The summed E-state index contributed by atoms with van der Waals surface area (Å²) in [5.41, 5.74) is 1.92. The molecule has 0 fully saturated rings. The van der Waals surface area contributed by atoms with Crippen LogP contribution in [0.5, 0.6) is 11.5 Å². The van der Waals surface area contributed by atoms with Crippen molar-refractivity contribution in [3.63, 3.8) is 0 Å². The molecule has 4 aromatic rings. The van der Waals surface area contributed by atoms with Crippen molar-refractivity contribution in [2.24, 2.45) is 0 Å². The van der Waals surface area contributed by atoms with E-state index >= 15 is 0 Å². The number of nitro benzene ring substituents is 1. The number of Topliss-reactive ketones (excluding diaryl/α,β-unsaturated/α-hetero) is 1. The van der Waals surface area contributed by atoms with E-state index in [0.717, 1.165) is 21.8 Å². The van der Waals surface area contributed by atoms with Crippen LogP contribution in [0.2, 0.25) is 0 Å². The van der Waals surface area contributed by atoms with Gasteiger partial charge in [0.15, 0.2) is 5.78 Å². The van der Waals surface area contributed by atoms with Crippen LogP contribution in [0.1, 0.15) is 17.3 Å². The molecular formula is C20H14N2O4. The van der Waals surface area contributed by atoms with E-state index in [9.17, 15) is 14.9 Å². The van der Waals surface area contributed by atoms with E-state index in [4.69, 9.17) is 4.74 Å². The summed E-state index contributed by atoms with van der Waals surface area (Å²) < 4.78 is 5.74. The number of hydrogen-bond donors (Lipinski definition) is 1. The van der Waals surface area contributed by atoms with E-state index in [-0.39, 0.29) is 22.8 Å². The number of aromatic amines is 1. The van der Waals surface area contributed by atoms with E-state index in [0.29, 0.717) is 5.75 Å². The first-order valence-corrected chi connectivity index (χ1v) is 8.00. The van der Waals surface area contributed by atoms with Gasteiger partial charge in [0.25, 0.3) is 0 Å². The van der Waals surface area contributed by atoms with Gasteiger partial charge in [-0.1, -0.05) is 18.2 Å². The summed E-state index contributed by atoms with van der Waals surface area (Å²) in [6.45, 7) is 1.36. The summed E-state index contributed by atoms with van der Waals surface area (Å²) in [5.74, 6) is 0.331. The minimum Gasteiger partial charge on any atom is -0.450 e. The Bertz CT molecular complexity index is 1180. The van der Waals surface area contributed by atoms with Crippen molar-refractivity contribution in [3.05, 3.63) is 76.3 Å². The third-order valence-electron chi connectivity index (χ3n) is 4.27. The van der Waals surface area contributed by atoms with Gasteiger partial charge >= 0.3 is 5.69 Å². The maximum Gasteiger partial charge on any atom is 0.312 e. The molecule has 1 aromatic heterocycles. The van der Waals surface area contributed by atoms with Crippen LogP contribution < -0.4 is 4.74 Å². The van der Waals surface area contributed by atoms with Gasteiger partial charge in [-0.25, -0.2) is 0 Å². The number of H-pyrrole nitrogens is 1. The number of para-hydroxylation sites is 1. The van der Waals surface area contributed by atoms with Crippen molar-refractivity contribution in [1.29, 1.82) is 0 Å². The Kier molecular flexibility index (Phi) is 3.65. The Morgan fingerprint density at radius 3 is 2.54 bits per heavy atom. The van der Waals surface area contributed by atoms with Crippen molar-refractivity contribution in [2.75, 3.05) is 0 Å². The topological polar surface area (TPSA) is 85.2 Å². The number of nitrogens with one attached hydrogen (secondary N) is 1. The molecule has 1 heterocycles. The average molecular weight is 346 g/mol. The SMILES string of the molecule is CC(=O)c1ccc(Oc2ccc3c(c2)[nH]c2ccccc23)c([N+](=O)[O-])c1. The molecule has 0 aliphatic rings. The monoisotopic (exact) mass is 346 g/mol. The molecule has 26 heavy (non-hydrogen) atoms. The number of aromatic nitrogens is 1. The first-order chi connectivity index (χ1) is 12.5. The van der Waals surface area contributed by atoms with Crippen molar-refractivity contribution >= 4 is 33.3 Å². The standard InChI is InChI=1S/C20H14N2O4/c1-12(23)13-6-9-20(19(10-13)22(24)25)26-14-7-8-16-15-4-2-3-5-17(15)21-18(16)11-14/h2-11,21H,1H3. The lowest BCUT2D eigenvalue weighted by Crippen LogP contribution is -1.98. The van der Waals surface area contributed by atoms with Crippen molar-refractivity contribution in [1.82, 2.24) is 4.98 Å². The van der Waals surface area contributed by atoms with Crippen LogP contribution in [0, 0.1) is 10.1 Å². The average Bonchev–Trinajstić information content (AvgIpc) is 2.99. The van der Waals surface area contributed by atoms with Gasteiger partial charge in [0.05, 0.1) is 10.4 Å². The highest BCUT2D eigenvalue weighted by atomic mass is 16.6. The van der Waals surface area contributed by atoms with Crippen LogP contribution in [-0.2, 0) is 0 Å². The quantitative estimate of drug-likeness (QED) is 0.312. The molecule has 3 aromatic carbocycles. The van der Waals surface area contributed by atoms with Crippen molar-refractivity contribution < 1.29 is 14.5 Å². The van der Waals surface area contributed by atoms with E-state index in [2.05, 4.69) is 4.98 Å². The van der Waals surface area contributed by atoms with E-state index in [1.807, 2.05) is 30.3 Å². The zero-order valence-electron chi connectivity index (χ0n) is 13.9. The number of nitro groups is 1. The molecule has 0 atom stereocenters. The van der Waals surface area contributed by atoms with Crippen LogP contribution >= 0.6 is 0 Å². The Hall–Kier alpha value is -3.67. The van der Waals surface area contributed by atoms with Crippen LogP contribution in [0.15, 0.2) is 60.7 Å². The minimum absolute atomic E-state index is 0.0930. The molecule has 0 spiro atoms. The van der Waals surface area contributed by atoms with Crippen LogP contribution in [-0.4, -0.2) is 15.7 Å². The maximum absolute atomic E-state index is 11.5. The van der Waals surface area contributed by atoms with Crippen LogP contribution in [0.4, 0.5) is 5.69 Å². The fourth-order valence-corrected chi connectivity index (χ4v) is 2.99. The second-order valence-electron chi connectivity index (χ2n) is 5.98. The Balaban J connectivity index is 1.76. The summed E-state index contributed by atoms with van der Waals surface area (Å²) in [5, 5.41) is 13.5. The van der Waals surface area contributed by atoms with Crippen molar-refractivity contribution in [2.45, 2.75) is 6.92 Å². The number of ether oxygens (including phenoxy) is 1. The lowest BCUT2D eigenvalue weighted by molar-refractivity contribution is -0.385. The minimum atomic E-state index is -0.552. The first kappa shape index (κ1) is 15.8. The smallest absolute Gasteiger partial charge is 0.312 e. The molecule has 6 nitrogen and oxygen atoms in total. The molecule has 4 rings (SSSR count). The third kappa shape index (κ3) is 2.67. The molecule has 1 N–H and O–H groups in total. The normalized spacial score (nSPS) is 11.0. The number of benzene rings is 3. The molecule has 0 saturated heterocycles. The van der Waals surface area contributed by atoms with Gasteiger partial charge in [-0.05, 0) is 37.3 Å². The van der Waals surface area contributed by atoms with Gasteiger partial charge in [-0.15, -0.1) is 0 Å². The number of rotatable bonds is 4. The lowest BCUT2D eigenvalue weighted by Gasteiger charge is -2.07. The Morgan fingerprint density at radius 2 is 1.77 bits per heavy atom. The molecule has 0 aliphatic carbocycles. The number of nitrogens with zero attached hydrogens (tertiary/aromatic N) is 1. The van der Waals surface area contributed by atoms with Gasteiger partial charge < -0.3 is 9.72 Å². The summed E-state index contributed by atoms with van der Waals surface area (Å²) in [6, 6.07) is 17.6. The van der Waals surface area contributed by atoms with Gasteiger partial charge in [0.1, 0.15) is 5.75 Å². The highest BCUT2D eigenvalue weighted by molar-refractivity contribution is 6.07. The van der Waals surface area contributed by atoms with Crippen molar-refractivity contribution in [3.8, 4) is 11.5 Å². The molecule has 0 unspecified atom stereocenters. The highest BCUT2D eigenvalue weighted by Crippen LogP contribution is 2.34. The molecule has 128 valence electrons. The molecule has 0 bridgehead atoms. The number of carbonyl (C=O) groups is 1. The predicted molar refractivity (Wildman–Crippen MR) is 99.0 cm³/mol. The van der Waals surface area contributed by atoms with Gasteiger partial charge in [-0.3, -0.25) is 14.9 Å². The number of carbonyl (C=O) groups excluding carboxylic acids is 1. The summed E-state index contributed by atoms with van der Waals surface area (Å²) in [6.07, 6.45) is 0. The summed E-state index contributed by atoms with van der Waals surface area (Å²) in [4.78, 5) is 25.5. The lowest BCUT2D eigenvalue weighted by atomic mass is 10.1. The summed E-state index contributed by atoms with van der Waals surface area (Å²) >= 11 is 0. The third-order valence-corrected chi connectivity index (χ3v) is 4.27. The van der Waals surface area contributed by atoms with Gasteiger partial charge in [-0.2, -0.15) is 0 Å². The second-order valence-corrected chi connectivity index (χ2v) is 5.98. The van der Waals surface area contributed by atoms with E-state index < -0.39 is 4.92 Å². The Morgan fingerprint density at radius 1 is 1.00 bits per heavy atom. The molecule has 0 amide bonds. The number of fused-ring (bicyclic) bond motifs is 3. The van der Waals surface area contributed by atoms with Crippen LogP contribution in [0.25, 0.3) is 21.8 Å². The molecule has 0 radical (unpaired) electrons. The fourth-order valence-electron chi connectivity index (χ4n) is 2.99. The van der Waals surface area contributed by atoms with Gasteiger partial charge in [0, 0.05) is 34.0 Å². The molecular weight excluding hydrogens is 332 g/mol. The number of hydrogen-bond acceptors (Lipinski definition) is 4. The predicted octanol–water partition coefficient (Wildman–Crippen LogP) is 5.22. The molecule has 0 saturated carbocycles. The van der Waals surface area contributed by atoms with E-state index in [1.165, 1.54) is 25.1 Å². The molecule has 0 aliphatic heterocycles. The first-order valence-electron chi connectivity index (χ1n) is 8.00. The van der Waals surface area contributed by atoms with Crippen LogP contribution in [0.3, 0.4) is 0 Å². The highest BCUT2D eigenvalue weighted by Gasteiger charge is 2.18. The fraction of sp³-hybridized carbons (Fsp3) is 0.0500. The Labute approximate surface area is 148 Å². The zero-order valence-corrected chi connectivity index (χ0v) is 13.9. The largest absolute Gasteiger partial charge is 0.450 e. The molecule has 6 heteroatoms. The summed E-state index contributed by atoms with van der Waals surface area (Å²) in [7, 11) is 0. The second kappa shape index (κ2) is 6.00.